The number of aromatic nitrogens is 2. The van der Waals surface area contributed by atoms with Crippen molar-refractivity contribution in [3.63, 3.8) is 0 Å². The molecule has 0 unspecified atom stereocenters. The zero-order chi connectivity index (χ0) is 8.27. The summed E-state index contributed by atoms with van der Waals surface area (Å²) in [4.78, 5) is 3.84. The molecule has 0 aliphatic carbocycles. The van der Waals surface area contributed by atoms with Gasteiger partial charge in [-0.1, -0.05) is 0 Å². The summed E-state index contributed by atoms with van der Waals surface area (Å²) in [7, 11) is 0. The number of nitriles is 1. The van der Waals surface area contributed by atoms with Crippen molar-refractivity contribution in [2.75, 3.05) is 0 Å². The van der Waals surface area contributed by atoms with Crippen LogP contribution in [0.4, 0.5) is 5.82 Å². The van der Waals surface area contributed by atoms with Gasteiger partial charge in [-0.05, 0) is 6.92 Å². The fraction of sp³-hybridized carbons (Fsp3) is 0.167. The van der Waals surface area contributed by atoms with Crippen LogP contribution in [-0.4, -0.2) is 16.0 Å². The minimum atomic E-state index is 0.394. The Kier molecular flexibility index (Phi) is 1.88. The predicted octanol–water partition coefficient (Wildman–Crippen LogP) is 0.290. The largest absolute Gasteiger partial charge is 0.387 e. The number of hydrogen-bond donors (Lipinski definition) is 2. The summed E-state index contributed by atoms with van der Waals surface area (Å²) in [5.74, 6) is 0.804. The molecule has 0 saturated carbocycles. The smallest absolute Gasteiger partial charge is 0.167 e. The van der Waals surface area contributed by atoms with E-state index >= 15 is 0 Å². The Balaban J connectivity index is 3.06. The third kappa shape index (κ3) is 1.55. The molecule has 56 valence electrons. The molecule has 0 fully saturated rings. The fourth-order valence-electron chi connectivity index (χ4n) is 0.623. The van der Waals surface area contributed by atoms with Gasteiger partial charge >= 0.3 is 0 Å². The monoisotopic (exact) mass is 149 g/mol. The zero-order valence-electron chi connectivity index (χ0n) is 6.00. The molecule has 5 heteroatoms. The maximum atomic E-state index is 8.50. The topological polar surface area (TPSA) is 90.8 Å². The normalized spacial score (nSPS) is 11.1. The van der Waals surface area contributed by atoms with E-state index in [1.165, 1.54) is 6.20 Å². The second-order valence-electron chi connectivity index (χ2n) is 2.00. The lowest BCUT2D eigenvalue weighted by Gasteiger charge is -1.88. The highest BCUT2D eigenvalue weighted by Gasteiger charge is 2.00. The number of aliphatic imine (C=N–C) groups is 1. The highest BCUT2D eigenvalue weighted by Crippen LogP contribution is 2.12. The number of nitrogens with zero attached hydrogens (tertiary/aromatic N) is 3. The van der Waals surface area contributed by atoms with Gasteiger partial charge < -0.3 is 5.73 Å². The first-order valence-electron chi connectivity index (χ1n) is 2.98. The molecule has 1 rings (SSSR count). The van der Waals surface area contributed by atoms with Crippen LogP contribution in [0.25, 0.3) is 0 Å². The molecule has 0 amide bonds. The summed E-state index contributed by atoms with van der Waals surface area (Å²) in [5.41, 5.74) is 5.70. The van der Waals surface area contributed by atoms with Crippen molar-refractivity contribution in [1.29, 1.82) is 5.26 Å². The van der Waals surface area contributed by atoms with E-state index < -0.39 is 0 Å². The van der Waals surface area contributed by atoms with Crippen molar-refractivity contribution in [2.24, 2.45) is 10.7 Å². The van der Waals surface area contributed by atoms with Gasteiger partial charge in [0, 0.05) is 0 Å². The van der Waals surface area contributed by atoms with Crippen molar-refractivity contribution in [2.45, 2.75) is 6.92 Å². The molecular weight excluding hydrogens is 142 g/mol. The maximum absolute atomic E-state index is 8.50. The predicted molar refractivity (Wildman–Crippen MR) is 40.3 cm³/mol. The molecule has 1 heterocycles. The van der Waals surface area contributed by atoms with Gasteiger partial charge in [0.05, 0.1) is 12.0 Å². The van der Waals surface area contributed by atoms with E-state index in [9.17, 15) is 0 Å². The summed E-state index contributed by atoms with van der Waals surface area (Å²) in [6, 6.07) is 1.92. The molecule has 1 aromatic rings. The Morgan fingerprint density at radius 3 is 3.18 bits per heavy atom. The van der Waals surface area contributed by atoms with E-state index in [0.29, 0.717) is 17.2 Å². The molecule has 0 spiro atoms. The molecule has 0 aromatic carbocycles. The van der Waals surface area contributed by atoms with Crippen molar-refractivity contribution in [1.82, 2.24) is 10.2 Å². The first-order chi connectivity index (χ1) is 5.24. The van der Waals surface area contributed by atoms with Gasteiger partial charge in [-0.25, -0.2) is 4.99 Å². The van der Waals surface area contributed by atoms with Gasteiger partial charge in [0.15, 0.2) is 5.82 Å². The minimum Gasteiger partial charge on any atom is -0.387 e. The van der Waals surface area contributed by atoms with Gasteiger partial charge in [0.2, 0.25) is 0 Å². The standard InChI is InChI=1S/C6H7N5/c1-4(8)10-6-5(2-7)3-9-11-6/h3H,1H3,(H3,8,9,10,11). The molecule has 0 radical (unpaired) electrons. The molecule has 5 nitrogen and oxygen atoms in total. The molecule has 3 N–H and O–H groups in total. The van der Waals surface area contributed by atoms with Gasteiger partial charge in [-0.2, -0.15) is 10.4 Å². The third-order valence-electron chi connectivity index (χ3n) is 1.03. The van der Waals surface area contributed by atoms with E-state index in [0.717, 1.165) is 0 Å². The van der Waals surface area contributed by atoms with E-state index in [1.54, 1.807) is 6.92 Å². The highest BCUT2D eigenvalue weighted by molar-refractivity contribution is 5.80. The molecular formula is C6H7N5. The number of aromatic amines is 1. The highest BCUT2D eigenvalue weighted by atomic mass is 15.2. The first kappa shape index (κ1) is 7.28. The van der Waals surface area contributed by atoms with Crippen LogP contribution < -0.4 is 5.73 Å². The number of nitrogens with two attached hydrogens (primary N) is 1. The van der Waals surface area contributed by atoms with Crippen molar-refractivity contribution >= 4 is 11.7 Å². The average molecular weight is 149 g/mol. The molecule has 0 aliphatic heterocycles. The van der Waals surface area contributed by atoms with Crippen LogP contribution in [-0.2, 0) is 0 Å². The summed E-state index contributed by atoms with van der Waals surface area (Å²) in [6.45, 7) is 1.64. The quantitative estimate of drug-likeness (QED) is 0.444. The fourth-order valence-corrected chi connectivity index (χ4v) is 0.623. The first-order valence-corrected chi connectivity index (χ1v) is 2.98. The number of rotatable bonds is 1. The van der Waals surface area contributed by atoms with E-state index in [2.05, 4.69) is 15.2 Å². The Morgan fingerprint density at radius 2 is 2.64 bits per heavy atom. The number of hydrogen-bond acceptors (Lipinski definition) is 3. The lowest BCUT2D eigenvalue weighted by molar-refractivity contribution is 1.08. The average Bonchev–Trinajstić information content (AvgIpc) is 2.34. The molecule has 1 aromatic heterocycles. The lowest BCUT2D eigenvalue weighted by Crippen LogP contribution is -2.04. The summed E-state index contributed by atoms with van der Waals surface area (Å²) in [6.07, 6.45) is 1.40. The van der Waals surface area contributed by atoms with Crippen molar-refractivity contribution in [3.8, 4) is 6.07 Å². The summed E-state index contributed by atoms with van der Waals surface area (Å²) in [5, 5.41) is 14.7. The number of H-pyrrole nitrogens is 1. The van der Waals surface area contributed by atoms with Gasteiger partial charge in [0.1, 0.15) is 11.6 Å². The van der Waals surface area contributed by atoms with Crippen LogP contribution in [0.5, 0.6) is 0 Å². The van der Waals surface area contributed by atoms with E-state index in [-0.39, 0.29) is 0 Å². The van der Waals surface area contributed by atoms with Gasteiger partial charge in [-0.3, -0.25) is 5.10 Å². The van der Waals surface area contributed by atoms with Crippen LogP contribution in [0.1, 0.15) is 12.5 Å². The minimum absolute atomic E-state index is 0.394. The molecule has 11 heavy (non-hydrogen) atoms. The Hall–Kier alpha value is -1.83. The van der Waals surface area contributed by atoms with Crippen LogP contribution in [0, 0.1) is 11.3 Å². The van der Waals surface area contributed by atoms with Crippen LogP contribution in [0.3, 0.4) is 0 Å². The van der Waals surface area contributed by atoms with E-state index in [4.69, 9.17) is 11.0 Å². The van der Waals surface area contributed by atoms with Crippen molar-refractivity contribution in [3.05, 3.63) is 11.8 Å². The lowest BCUT2D eigenvalue weighted by atomic mass is 10.4. The number of nitrogens with one attached hydrogen (secondary N) is 1. The van der Waals surface area contributed by atoms with Crippen LogP contribution in [0.2, 0.25) is 0 Å². The maximum Gasteiger partial charge on any atom is 0.167 e. The second kappa shape index (κ2) is 2.84. The SMILES string of the molecule is C/C(N)=N/c1[nH]ncc1C#N. The van der Waals surface area contributed by atoms with Crippen LogP contribution in [0.15, 0.2) is 11.2 Å². The Labute approximate surface area is 63.6 Å². The van der Waals surface area contributed by atoms with Crippen molar-refractivity contribution < 1.29 is 0 Å². The Morgan fingerprint density at radius 1 is 1.91 bits per heavy atom. The Bertz CT molecular complexity index is 312. The molecule has 0 saturated heterocycles. The third-order valence-corrected chi connectivity index (χ3v) is 1.03. The molecule has 0 aliphatic rings. The second-order valence-corrected chi connectivity index (χ2v) is 2.00. The van der Waals surface area contributed by atoms with Crippen LogP contribution >= 0.6 is 0 Å². The molecule has 0 atom stereocenters. The van der Waals surface area contributed by atoms with Gasteiger partial charge in [-0.15, -0.1) is 0 Å². The van der Waals surface area contributed by atoms with Gasteiger partial charge in [0.25, 0.3) is 0 Å². The summed E-state index contributed by atoms with van der Waals surface area (Å²) >= 11 is 0. The molecule has 0 bridgehead atoms. The summed E-state index contributed by atoms with van der Waals surface area (Å²) < 4.78 is 0. The zero-order valence-corrected chi connectivity index (χ0v) is 6.00. The van der Waals surface area contributed by atoms with E-state index in [1.807, 2.05) is 6.07 Å². The number of amidine groups is 1.